The van der Waals surface area contributed by atoms with Gasteiger partial charge in [0, 0.05) is 42.0 Å². The summed E-state index contributed by atoms with van der Waals surface area (Å²) < 4.78 is 19.6. The van der Waals surface area contributed by atoms with Gasteiger partial charge in [0.15, 0.2) is 0 Å². The van der Waals surface area contributed by atoms with Gasteiger partial charge in [-0.25, -0.2) is 14.2 Å². The summed E-state index contributed by atoms with van der Waals surface area (Å²) in [5, 5.41) is 7.79. The van der Waals surface area contributed by atoms with Gasteiger partial charge in [0.05, 0.1) is 16.7 Å². The number of nitrogen functional groups attached to an aromatic ring is 2. The van der Waals surface area contributed by atoms with Crippen molar-refractivity contribution >= 4 is 34.7 Å². The van der Waals surface area contributed by atoms with Crippen LogP contribution in [-0.2, 0) is 4.74 Å². The van der Waals surface area contributed by atoms with E-state index in [1.807, 2.05) is 33.8 Å². The van der Waals surface area contributed by atoms with E-state index in [1.165, 1.54) is 12.1 Å². The minimum absolute atomic E-state index is 0.0783. The number of hydrogen-bond acceptors (Lipinski definition) is 7. The third-order valence-corrected chi connectivity index (χ3v) is 6.43. The summed E-state index contributed by atoms with van der Waals surface area (Å²) in [7, 11) is 0. The lowest BCUT2D eigenvalue weighted by Crippen LogP contribution is -2.41. The fourth-order valence-electron chi connectivity index (χ4n) is 4.68. The molecule has 0 spiro atoms. The second kappa shape index (κ2) is 9.25. The van der Waals surface area contributed by atoms with Gasteiger partial charge in [0.25, 0.3) is 5.56 Å². The van der Waals surface area contributed by atoms with Gasteiger partial charge in [-0.1, -0.05) is 6.07 Å². The number of carbonyl (C=O) groups is 1. The zero-order valence-electron chi connectivity index (χ0n) is 20.9. The summed E-state index contributed by atoms with van der Waals surface area (Å²) in [6.45, 7) is 8.51. The first kappa shape index (κ1) is 25.2. The zero-order chi connectivity index (χ0) is 26.4. The highest BCUT2D eigenvalue weighted by Crippen LogP contribution is 2.37. The number of ether oxygens (including phenoxy) is 1. The van der Waals surface area contributed by atoms with Crippen LogP contribution in [-0.4, -0.2) is 45.9 Å². The average molecular weight is 495 g/mol. The molecule has 1 aliphatic heterocycles. The first-order valence-corrected chi connectivity index (χ1v) is 11.8. The van der Waals surface area contributed by atoms with Gasteiger partial charge in [-0.2, -0.15) is 0 Å². The van der Waals surface area contributed by atoms with Gasteiger partial charge in [0.2, 0.25) is 0 Å². The maximum atomic E-state index is 14.1. The van der Waals surface area contributed by atoms with E-state index in [4.69, 9.17) is 26.6 Å². The number of likely N-dealkylation sites (tertiary alicyclic amines) is 1. The predicted octanol–water partition coefficient (Wildman–Crippen LogP) is 4.31. The van der Waals surface area contributed by atoms with Crippen molar-refractivity contribution in [3.05, 3.63) is 51.2 Å². The molecule has 0 saturated carbocycles. The van der Waals surface area contributed by atoms with Crippen molar-refractivity contribution in [1.29, 1.82) is 5.41 Å². The molecule has 0 unspecified atom stereocenters. The molecular weight excluding hydrogens is 463 g/mol. The van der Waals surface area contributed by atoms with Crippen molar-refractivity contribution in [2.75, 3.05) is 24.6 Å². The monoisotopic (exact) mass is 494 g/mol. The average Bonchev–Trinajstić information content (AvgIpc) is 2.81. The lowest BCUT2D eigenvalue weighted by Gasteiger charge is -2.33. The number of nitrogens with two attached hydrogens (primary N) is 2. The number of pyridine rings is 2. The van der Waals surface area contributed by atoms with E-state index in [1.54, 1.807) is 4.90 Å². The SMILES string of the molecule is Cc1cc2[nH]c(=O)c(N)c(-c3ccc(F)c(N)c3C=N)c2nc1C1CCN(C(=O)OC(C)(C)C)CC1. The topological polar surface area (TPSA) is 151 Å². The van der Waals surface area contributed by atoms with Gasteiger partial charge in [-0.15, -0.1) is 0 Å². The number of carbonyl (C=O) groups excluding carboxylic acids is 1. The summed E-state index contributed by atoms with van der Waals surface area (Å²) in [6.07, 6.45) is 2.01. The molecule has 190 valence electrons. The molecule has 2 aromatic heterocycles. The summed E-state index contributed by atoms with van der Waals surface area (Å²) in [5.74, 6) is -0.583. The van der Waals surface area contributed by atoms with Crippen LogP contribution in [0.5, 0.6) is 0 Å². The van der Waals surface area contributed by atoms with Crippen LogP contribution in [0.2, 0.25) is 0 Å². The molecule has 3 heterocycles. The number of nitrogens with one attached hydrogen (secondary N) is 2. The number of rotatable bonds is 3. The van der Waals surface area contributed by atoms with Gasteiger partial charge in [0.1, 0.15) is 17.1 Å². The molecule has 0 atom stereocenters. The molecule has 1 aromatic carbocycles. The van der Waals surface area contributed by atoms with Crippen LogP contribution in [0, 0.1) is 18.2 Å². The molecule has 10 heteroatoms. The van der Waals surface area contributed by atoms with E-state index < -0.39 is 17.0 Å². The van der Waals surface area contributed by atoms with Crippen LogP contribution in [0.15, 0.2) is 23.0 Å². The van der Waals surface area contributed by atoms with Gasteiger partial charge in [-0.05, 0) is 63.8 Å². The summed E-state index contributed by atoms with van der Waals surface area (Å²) in [4.78, 5) is 34.5. The molecule has 0 aliphatic carbocycles. The number of anilines is 2. The maximum absolute atomic E-state index is 14.1. The largest absolute Gasteiger partial charge is 0.444 e. The Morgan fingerprint density at radius 2 is 1.92 bits per heavy atom. The van der Waals surface area contributed by atoms with E-state index in [2.05, 4.69) is 4.98 Å². The molecule has 1 aliphatic rings. The molecule has 3 aromatic rings. The molecule has 1 saturated heterocycles. The van der Waals surface area contributed by atoms with Crippen LogP contribution in [0.3, 0.4) is 0 Å². The number of fused-ring (bicyclic) bond motifs is 1. The lowest BCUT2D eigenvalue weighted by molar-refractivity contribution is 0.0204. The number of H-pyrrole nitrogens is 1. The van der Waals surface area contributed by atoms with E-state index in [-0.39, 0.29) is 28.9 Å². The quantitative estimate of drug-likeness (QED) is 0.314. The van der Waals surface area contributed by atoms with Crippen LogP contribution in [0.4, 0.5) is 20.6 Å². The fraction of sp³-hybridized carbons (Fsp3) is 0.385. The normalized spacial score (nSPS) is 14.8. The minimum Gasteiger partial charge on any atom is -0.444 e. The van der Waals surface area contributed by atoms with E-state index in [9.17, 15) is 14.0 Å². The smallest absolute Gasteiger partial charge is 0.410 e. The highest BCUT2D eigenvalue weighted by molar-refractivity contribution is 6.05. The summed E-state index contributed by atoms with van der Waals surface area (Å²) >= 11 is 0. The zero-order valence-corrected chi connectivity index (χ0v) is 20.9. The van der Waals surface area contributed by atoms with Crippen molar-refractivity contribution in [1.82, 2.24) is 14.9 Å². The Balaban J connectivity index is 1.77. The molecule has 9 nitrogen and oxygen atoms in total. The second-order valence-electron chi connectivity index (χ2n) is 10.1. The van der Waals surface area contributed by atoms with Crippen molar-refractivity contribution in [3.8, 4) is 11.1 Å². The summed E-state index contributed by atoms with van der Waals surface area (Å²) in [5.41, 5.74) is 14.2. The number of aromatic nitrogens is 2. The predicted molar refractivity (Wildman–Crippen MR) is 139 cm³/mol. The second-order valence-corrected chi connectivity index (χ2v) is 10.1. The van der Waals surface area contributed by atoms with Crippen LogP contribution in [0.1, 0.15) is 56.4 Å². The van der Waals surface area contributed by atoms with E-state index in [0.717, 1.165) is 17.5 Å². The van der Waals surface area contributed by atoms with Gasteiger partial charge >= 0.3 is 6.09 Å². The Morgan fingerprint density at radius 3 is 2.53 bits per heavy atom. The number of hydrogen-bond donors (Lipinski definition) is 4. The standard InChI is InChI=1S/C26H31FN6O3/c1-13-11-18-23(32-22(13)14-7-9-33(10-8-14)25(35)36-26(2,3)4)19(21(30)24(34)31-18)15-5-6-17(27)20(29)16(15)12-28/h5-6,11-12,14,28H,7-10,29-30H2,1-4H3,(H,31,34). The Bertz CT molecular complexity index is 1420. The lowest BCUT2D eigenvalue weighted by atomic mass is 9.89. The van der Waals surface area contributed by atoms with Crippen molar-refractivity contribution in [2.24, 2.45) is 0 Å². The molecular formula is C26H31FN6O3. The highest BCUT2D eigenvalue weighted by Gasteiger charge is 2.29. The first-order valence-electron chi connectivity index (χ1n) is 11.8. The number of nitrogens with zero attached hydrogens (tertiary/aromatic N) is 2. The van der Waals surface area contributed by atoms with Crippen molar-refractivity contribution in [2.45, 2.75) is 52.1 Å². The number of amides is 1. The number of halogens is 1. The fourth-order valence-corrected chi connectivity index (χ4v) is 4.68. The number of benzene rings is 1. The third-order valence-electron chi connectivity index (χ3n) is 6.43. The van der Waals surface area contributed by atoms with Gasteiger partial charge in [-0.3, -0.25) is 4.79 Å². The number of piperidine rings is 1. The molecule has 36 heavy (non-hydrogen) atoms. The number of aromatic amines is 1. The molecule has 1 fully saturated rings. The van der Waals surface area contributed by atoms with Crippen LogP contribution >= 0.6 is 0 Å². The van der Waals surface area contributed by atoms with E-state index in [0.29, 0.717) is 48.1 Å². The Labute approximate surface area is 208 Å². The van der Waals surface area contributed by atoms with Crippen LogP contribution in [0.25, 0.3) is 22.2 Å². The number of aryl methyl sites for hydroxylation is 1. The van der Waals surface area contributed by atoms with E-state index >= 15 is 0 Å². The van der Waals surface area contributed by atoms with Crippen molar-refractivity contribution < 1.29 is 13.9 Å². The molecule has 0 radical (unpaired) electrons. The van der Waals surface area contributed by atoms with Crippen molar-refractivity contribution in [3.63, 3.8) is 0 Å². The van der Waals surface area contributed by atoms with Gasteiger partial charge < -0.3 is 31.5 Å². The molecule has 4 rings (SSSR count). The first-order chi connectivity index (χ1) is 16.9. The Hall–Kier alpha value is -3.95. The molecule has 0 bridgehead atoms. The molecule has 1 amide bonds. The highest BCUT2D eigenvalue weighted by atomic mass is 19.1. The Morgan fingerprint density at radius 1 is 1.25 bits per heavy atom. The third kappa shape index (κ3) is 4.62. The minimum atomic E-state index is -0.661. The summed E-state index contributed by atoms with van der Waals surface area (Å²) in [6, 6.07) is 4.49. The van der Waals surface area contributed by atoms with Crippen LogP contribution < -0.4 is 17.0 Å². The molecule has 6 N–H and O–H groups in total. The maximum Gasteiger partial charge on any atom is 0.410 e. The Kier molecular flexibility index (Phi) is 6.46.